The fraction of sp³-hybridized carbons (Fsp3) is 0.188. The number of pyridine rings is 1. The molecule has 2 amide bonds. The average molecular weight is 332 g/mol. The fourth-order valence-electron chi connectivity index (χ4n) is 2.56. The van der Waals surface area contributed by atoms with E-state index in [1.807, 2.05) is 0 Å². The van der Waals surface area contributed by atoms with Crippen molar-refractivity contribution >= 4 is 29.1 Å². The van der Waals surface area contributed by atoms with Gasteiger partial charge in [-0.05, 0) is 36.8 Å². The molecule has 1 aliphatic rings. The molecule has 3 rings (SSSR count). The zero-order chi connectivity index (χ0) is 16.6. The standard InChI is InChI=1S/C16H14ClN3O3/c1-2-11(14(18)21)20-12-8-9(17)5-6-13(12)23-15-10(16(20)22)4-3-7-19-15/h3-8,11H,2H2,1H3,(H2,18,21). The molecule has 6 nitrogen and oxygen atoms in total. The zero-order valence-electron chi connectivity index (χ0n) is 12.3. The van der Waals surface area contributed by atoms with Crippen molar-refractivity contribution in [1.29, 1.82) is 0 Å². The number of benzene rings is 1. The molecule has 23 heavy (non-hydrogen) atoms. The van der Waals surface area contributed by atoms with Crippen LogP contribution in [0.2, 0.25) is 5.02 Å². The zero-order valence-corrected chi connectivity index (χ0v) is 13.1. The minimum absolute atomic E-state index is 0.183. The maximum Gasteiger partial charge on any atom is 0.264 e. The minimum Gasteiger partial charge on any atom is -0.436 e. The van der Waals surface area contributed by atoms with E-state index in [0.29, 0.717) is 22.9 Å². The number of ether oxygens (including phenoxy) is 1. The molecule has 0 fully saturated rings. The van der Waals surface area contributed by atoms with Gasteiger partial charge in [0.1, 0.15) is 11.6 Å². The summed E-state index contributed by atoms with van der Waals surface area (Å²) in [7, 11) is 0. The third-order valence-corrected chi connectivity index (χ3v) is 3.87. The Kier molecular flexibility index (Phi) is 3.92. The van der Waals surface area contributed by atoms with E-state index in [-0.39, 0.29) is 11.4 Å². The lowest BCUT2D eigenvalue weighted by Gasteiger charge is -2.28. The van der Waals surface area contributed by atoms with Crippen LogP contribution in [0.25, 0.3) is 0 Å². The van der Waals surface area contributed by atoms with Gasteiger partial charge in [-0.3, -0.25) is 14.5 Å². The smallest absolute Gasteiger partial charge is 0.264 e. The minimum atomic E-state index is -0.811. The van der Waals surface area contributed by atoms with Crippen molar-refractivity contribution in [3.8, 4) is 11.6 Å². The number of aromatic nitrogens is 1. The van der Waals surface area contributed by atoms with Crippen LogP contribution in [0.15, 0.2) is 36.5 Å². The first-order chi connectivity index (χ1) is 11.0. The van der Waals surface area contributed by atoms with Crippen molar-refractivity contribution in [3.05, 3.63) is 47.1 Å². The van der Waals surface area contributed by atoms with E-state index in [4.69, 9.17) is 22.1 Å². The van der Waals surface area contributed by atoms with Crippen LogP contribution in [0.5, 0.6) is 11.6 Å². The molecule has 0 bridgehead atoms. The normalized spacial score (nSPS) is 14.3. The van der Waals surface area contributed by atoms with Crippen LogP contribution in [0, 0.1) is 0 Å². The predicted octanol–water partition coefficient (Wildman–Crippen LogP) is 2.75. The van der Waals surface area contributed by atoms with Gasteiger partial charge in [0.2, 0.25) is 11.8 Å². The van der Waals surface area contributed by atoms with E-state index in [1.165, 1.54) is 11.1 Å². The van der Waals surface area contributed by atoms with Gasteiger partial charge in [-0.25, -0.2) is 4.98 Å². The highest BCUT2D eigenvalue weighted by Crippen LogP contribution is 2.40. The lowest BCUT2D eigenvalue weighted by Crippen LogP contribution is -2.47. The van der Waals surface area contributed by atoms with Gasteiger partial charge < -0.3 is 10.5 Å². The Hall–Kier alpha value is -2.60. The van der Waals surface area contributed by atoms with Crippen molar-refractivity contribution < 1.29 is 14.3 Å². The first-order valence-electron chi connectivity index (χ1n) is 7.08. The Bertz CT molecular complexity index is 794. The molecule has 1 aromatic carbocycles. The van der Waals surface area contributed by atoms with Gasteiger partial charge in [-0.1, -0.05) is 18.5 Å². The van der Waals surface area contributed by atoms with Gasteiger partial charge in [0.25, 0.3) is 5.91 Å². The average Bonchev–Trinajstić information content (AvgIpc) is 2.64. The number of primary amides is 1. The summed E-state index contributed by atoms with van der Waals surface area (Å²) in [5.74, 6) is -0.429. The van der Waals surface area contributed by atoms with Crippen molar-refractivity contribution in [2.45, 2.75) is 19.4 Å². The van der Waals surface area contributed by atoms with E-state index >= 15 is 0 Å². The van der Waals surface area contributed by atoms with E-state index in [1.54, 1.807) is 37.3 Å². The molecule has 0 saturated heterocycles. The number of hydrogen-bond acceptors (Lipinski definition) is 4. The highest BCUT2D eigenvalue weighted by molar-refractivity contribution is 6.31. The molecular weight excluding hydrogens is 318 g/mol. The first kappa shape index (κ1) is 15.3. The number of nitrogens with two attached hydrogens (primary N) is 1. The molecule has 7 heteroatoms. The molecule has 1 atom stereocenters. The van der Waals surface area contributed by atoms with Crippen molar-refractivity contribution in [1.82, 2.24) is 4.98 Å². The van der Waals surface area contributed by atoms with E-state index in [0.717, 1.165) is 0 Å². The van der Waals surface area contributed by atoms with Crippen molar-refractivity contribution in [3.63, 3.8) is 0 Å². The number of halogens is 1. The lowest BCUT2D eigenvalue weighted by molar-refractivity contribution is -0.119. The Labute approximate surface area is 137 Å². The van der Waals surface area contributed by atoms with E-state index < -0.39 is 17.9 Å². The molecule has 0 aliphatic carbocycles. The fourth-order valence-corrected chi connectivity index (χ4v) is 2.73. The second kappa shape index (κ2) is 5.89. The number of fused-ring (bicyclic) bond motifs is 2. The van der Waals surface area contributed by atoms with Crippen molar-refractivity contribution in [2.24, 2.45) is 5.73 Å². The second-order valence-electron chi connectivity index (χ2n) is 5.07. The maximum absolute atomic E-state index is 13.0. The van der Waals surface area contributed by atoms with Crippen LogP contribution in [-0.2, 0) is 4.79 Å². The quantitative estimate of drug-likeness (QED) is 0.937. The maximum atomic E-state index is 13.0. The van der Waals surface area contributed by atoms with Gasteiger partial charge >= 0.3 is 0 Å². The highest BCUT2D eigenvalue weighted by Gasteiger charge is 2.35. The summed E-state index contributed by atoms with van der Waals surface area (Å²) in [4.78, 5) is 30.2. The van der Waals surface area contributed by atoms with Crippen LogP contribution in [0.4, 0.5) is 5.69 Å². The summed E-state index contributed by atoms with van der Waals surface area (Å²) in [6.07, 6.45) is 1.89. The van der Waals surface area contributed by atoms with Crippen LogP contribution in [0.1, 0.15) is 23.7 Å². The van der Waals surface area contributed by atoms with Gasteiger partial charge in [0, 0.05) is 11.2 Å². The Morgan fingerprint density at radius 1 is 1.43 bits per heavy atom. The summed E-state index contributed by atoms with van der Waals surface area (Å²) >= 11 is 6.06. The molecule has 2 N–H and O–H groups in total. The summed E-state index contributed by atoms with van der Waals surface area (Å²) in [5.41, 5.74) is 6.14. The number of amides is 2. The number of hydrogen-bond donors (Lipinski definition) is 1. The number of rotatable bonds is 3. The predicted molar refractivity (Wildman–Crippen MR) is 85.8 cm³/mol. The molecule has 1 aromatic heterocycles. The number of anilines is 1. The SMILES string of the molecule is CCC(C(N)=O)N1C(=O)c2cccnc2Oc2ccc(Cl)cc21. The molecular formula is C16H14ClN3O3. The van der Waals surface area contributed by atoms with Crippen LogP contribution >= 0.6 is 11.6 Å². The largest absolute Gasteiger partial charge is 0.436 e. The molecule has 0 saturated carbocycles. The molecule has 1 unspecified atom stereocenters. The highest BCUT2D eigenvalue weighted by atomic mass is 35.5. The van der Waals surface area contributed by atoms with Gasteiger partial charge in [0.05, 0.1) is 5.69 Å². The summed E-state index contributed by atoms with van der Waals surface area (Å²) in [6.45, 7) is 1.78. The topological polar surface area (TPSA) is 85.5 Å². The number of nitrogens with zero attached hydrogens (tertiary/aromatic N) is 2. The number of carbonyl (C=O) groups excluding carboxylic acids is 2. The third-order valence-electron chi connectivity index (χ3n) is 3.63. The third kappa shape index (κ3) is 2.61. The molecule has 118 valence electrons. The molecule has 2 aromatic rings. The monoisotopic (exact) mass is 331 g/mol. The molecule has 1 aliphatic heterocycles. The molecule has 2 heterocycles. The summed E-state index contributed by atoms with van der Waals surface area (Å²) < 4.78 is 5.75. The van der Waals surface area contributed by atoms with E-state index in [2.05, 4.69) is 4.98 Å². The van der Waals surface area contributed by atoms with Gasteiger partial charge in [-0.2, -0.15) is 0 Å². The number of carbonyl (C=O) groups is 2. The van der Waals surface area contributed by atoms with Crippen LogP contribution < -0.4 is 15.4 Å². The molecule has 0 spiro atoms. The summed E-state index contributed by atoms with van der Waals surface area (Å²) in [5, 5.41) is 0.420. The van der Waals surface area contributed by atoms with E-state index in [9.17, 15) is 9.59 Å². The van der Waals surface area contributed by atoms with Gasteiger partial charge in [0.15, 0.2) is 5.75 Å². The Balaban J connectivity index is 2.26. The Morgan fingerprint density at radius 2 is 2.22 bits per heavy atom. The van der Waals surface area contributed by atoms with Crippen molar-refractivity contribution in [2.75, 3.05) is 4.90 Å². The van der Waals surface area contributed by atoms with Crippen LogP contribution in [-0.4, -0.2) is 22.8 Å². The Morgan fingerprint density at radius 3 is 2.91 bits per heavy atom. The van der Waals surface area contributed by atoms with Crippen LogP contribution in [0.3, 0.4) is 0 Å². The lowest BCUT2D eigenvalue weighted by atomic mass is 10.1. The second-order valence-corrected chi connectivity index (χ2v) is 5.51. The first-order valence-corrected chi connectivity index (χ1v) is 7.46. The summed E-state index contributed by atoms with van der Waals surface area (Å²) in [6, 6.07) is 7.27. The molecule has 0 radical (unpaired) electrons. The van der Waals surface area contributed by atoms with Gasteiger partial charge in [-0.15, -0.1) is 0 Å².